The second-order valence-corrected chi connectivity index (χ2v) is 10.3. The van der Waals surface area contributed by atoms with Gasteiger partial charge in [-0.3, -0.25) is 0 Å². The highest BCUT2D eigenvalue weighted by molar-refractivity contribution is 5.93. The maximum atomic E-state index is 13.3. The Morgan fingerprint density at radius 2 is 1.66 bits per heavy atom. The molecular formula is C28H36N2O14. The summed E-state index contributed by atoms with van der Waals surface area (Å²) in [6, 6.07) is 10.5. The Hall–Kier alpha value is -3.42. The smallest absolute Gasteiger partial charge is 0.345 e. The fourth-order valence-corrected chi connectivity index (χ4v) is 4.96. The SMILES string of the molecule is CNC1[C@H](O)OC(CO)[C@H](O)[C@H]1CO[C@@H]1OC(C(=O)OC(OC(=O)c2cc(N)ccc2O)c2ccccc2)[C@@H](O)[C@@H](O)C1O. The average Bonchev–Trinajstić information content (AvgIpc) is 3.01. The van der Waals surface area contributed by atoms with Crippen LogP contribution in [-0.4, -0.2) is 123 Å². The standard InChI is InChI=1S/C28H36N2O14/c1-30-18-15(19(33)17(10-31)41-25(18)38)11-40-28-22(36)20(34)21(35)23(42-28)26(39)44-27(12-5-3-2-4-6-12)43-24(37)14-9-13(29)7-8-16(14)32/h2-9,15,17-23,25,27-28,30-36,38H,10-11,29H2,1H3/t15-,17?,18?,19+,20+,21-,22?,23?,25+,27?,28+/m0/s1. The molecule has 2 heterocycles. The number of ether oxygens (including phenoxy) is 5. The molecule has 2 aliphatic rings. The lowest BCUT2D eigenvalue weighted by Gasteiger charge is -2.44. The number of aliphatic hydroxyl groups excluding tert-OH is 6. The third kappa shape index (κ3) is 7.27. The quantitative estimate of drug-likeness (QED) is 0.0571. The first-order valence-corrected chi connectivity index (χ1v) is 13.6. The summed E-state index contributed by atoms with van der Waals surface area (Å²) < 4.78 is 27.0. The fraction of sp³-hybridized carbons (Fsp3) is 0.500. The van der Waals surface area contributed by atoms with Gasteiger partial charge in [-0.1, -0.05) is 30.3 Å². The van der Waals surface area contributed by atoms with Crippen LogP contribution >= 0.6 is 0 Å². The van der Waals surface area contributed by atoms with Crippen LogP contribution in [0.3, 0.4) is 0 Å². The number of esters is 2. The van der Waals surface area contributed by atoms with Gasteiger partial charge < -0.3 is 70.5 Å². The number of carbonyl (C=O) groups excluding carboxylic acids is 2. The highest BCUT2D eigenvalue weighted by atomic mass is 16.7. The predicted octanol–water partition coefficient (Wildman–Crippen LogP) is -2.53. The highest BCUT2D eigenvalue weighted by Crippen LogP contribution is 2.31. The summed E-state index contributed by atoms with van der Waals surface area (Å²) in [5, 5.41) is 74.8. The van der Waals surface area contributed by atoms with Crippen molar-refractivity contribution in [2.45, 2.75) is 61.5 Å². The normalized spacial score (nSPS) is 32.9. The van der Waals surface area contributed by atoms with Crippen LogP contribution in [-0.2, 0) is 28.5 Å². The van der Waals surface area contributed by atoms with E-state index in [1.165, 1.54) is 31.3 Å². The number of nitrogens with one attached hydrogen (secondary N) is 1. The van der Waals surface area contributed by atoms with E-state index in [4.69, 9.17) is 29.4 Å². The minimum Gasteiger partial charge on any atom is -0.507 e. The maximum Gasteiger partial charge on any atom is 0.345 e. The number of carbonyl (C=O) groups is 2. The monoisotopic (exact) mass is 624 g/mol. The minimum atomic E-state index is -2.01. The lowest BCUT2D eigenvalue weighted by atomic mass is 9.88. The van der Waals surface area contributed by atoms with Gasteiger partial charge in [0.15, 0.2) is 18.7 Å². The molecule has 16 heteroatoms. The van der Waals surface area contributed by atoms with Gasteiger partial charge in [-0.05, 0) is 25.2 Å². The summed E-state index contributed by atoms with van der Waals surface area (Å²) >= 11 is 0. The van der Waals surface area contributed by atoms with E-state index in [1.807, 2.05) is 0 Å². The molecule has 2 aliphatic heterocycles. The lowest BCUT2D eigenvalue weighted by molar-refractivity contribution is -0.308. The zero-order valence-electron chi connectivity index (χ0n) is 23.4. The van der Waals surface area contributed by atoms with Crippen molar-refractivity contribution in [1.82, 2.24) is 5.32 Å². The number of aliphatic hydroxyl groups is 6. The van der Waals surface area contributed by atoms with Gasteiger partial charge in [0.2, 0.25) is 0 Å². The molecule has 4 rings (SSSR count). The van der Waals surface area contributed by atoms with Crippen molar-refractivity contribution in [3.8, 4) is 5.75 Å². The van der Waals surface area contributed by atoms with Gasteiger partial charge in [-0.15, -0.1) is 0 Å². The molecule has 242 valence electrons. The first-order chi connectivity index (χ1) is 21.0. The van der Waals surface area contributed by atoms with E-state index in [-0.39, 0.29) is 16.8 Å². The van der Waals surface area contributed by atoms with Crippen LogP contribution in [0, 0.1) is 5.92 Å². The second kappa shape index (κ2) is 14.6. The molecule has 2 aromatic rings. The van der Waals surface area contributed by atoms with E-state index < -0.39 is 98.4 Å². The van der Waals surface area contributed by atoms with Crippen molar-refractivity contribution in [2.75, 3.05) is 26.0 Å². The van der Waals surface area contributed by atoms with Crippen LogP contribution in [0.4, 0.5) is 5.69 Å². The Bertz CT molecular complexity index is 1270. The van der Waals surface area contributed by atoms with Gasteiger partial charge in [0, 0.05) is 17.2 Å². The summed E-state index contributed by atoms with van der Waals surface area (Å²) in [4.78, 5) is 26.1. The summed E-state index contributed by atoms with van der Waals surface area (Å²) in [5.41, 5.74) is 5.72. The molecule has 2 saturated heterocycles. The zero-order chi connectivity index (χ0) is 32.1. The van der Waals surface area contributed by atoms with Crippen LogP contribution in [0.5, 0.6) is 5.75 Å². The van der Waals surface area contributed by atoms with Crippen LogP contribution in [0.2, 0.25) is 0 Å². The van der Waals surface area contributed by atoms with E-state index in [0.29, 0.717) is 0 Å². The molecule has 0 amide bonds. The largest absolute Gasteiger partial charge is 0.507 e. The van der Waals surface area contributed by atoms with E-state index in [0.717, 1.165) is 6.07 Å². The van der Waals surface area contributed by atoms with Crippen molar-refractivity contribution in [3.63, 3.8) is 0 Å². The molecule has 0 aliphatic carbocycles. The number of hydrogen-bond donors (Lipinski definition) is 9. The lowest BCUT2D eigenvalue weighted by Crippen LogP contribution is -2.63. The van der Waals surface area contributed by atoms with Gasteiger partial charge in [0.25, 0.3) is 6.29 Å². The zero-order valence-corrected chi connectivity index (χ0v) is 23.4. The summed E-state index contributed by atoms with van der Waals surface area (Å²) in [6.07, 6.45) is -15.2. The topological polar surface area (TPSA) is 260 Å². The summed E-state index contributed by atoms with van der Waals surface area (Å²) in [7, 11) is 1.48. The third-order valence-electron chi connectivity index (χ3n) is 7.42. The minimum absolute atomic E-state index is 0.149. The van der Waals surface area contributed by atoms with Gasteiger partial charge >= 0.3 is 11.9 Å². The molecule has 0 aromatic heterocycles. The molecule has 11 atom stereocenters. The molecule has 10 N–H and O–H groups in total. The van der Waals surface area contributed by atoms with E-state index in [2.05, 4.69) is 5.32 Å². The van der Waals surface area contributed by atoms with Gasteiger partial charge in [0.05, 0.1) is 25.4 Å². The molecule has 0 saturated carbocycles. The molecule has 0 radical (unpaired) electrons. The molecule has 44 heavy (non-hydrogen) atoms. The molecule has 0 spiro atoms. The number of nitrogen functional groups attached to an aromatic ring is 1. The van der Waals surface area contributed by atoms with E-state index in [1.54, 1.807) is 18.2 Å². The Morgan fingerprint density at radius 3 is 2.32 bits per heavy atom. The molecule has 2 fully saturated rings. The van der Waals surface area contributed by atoms with Gasteiger partial charge in [0.1, 0.15) is 35.7 Å². The number of phenolic OH excluding ortho intramolecular Hbond substituents is 1. The Balaban J connectivity index is 1.50. The van der Waals surface area contributed by atoms with Crippen molar-refractivity contribution in [2.24, 2.45) is 5.92 Å². The first-order valence-electron chi connectivity index (χ1n) is 13.6. The fourth-order valence-electron chi connectivity index (χ4n) is 4.96. The van der Waals surface area contributed by atoms with Crippen molar-refractivity contribution in [1.29, 1.82) is 0 Å². The number of anilines is 1. The molecule has 0 bridgehead atoms. The predicted molar refractivity (Wildman–Crippen MR) is 146 cm³/mol. The number of benzene rings is 2. The molecule has 5 unspecified atom stereocenters. The third-order valence-corrected chi connectivity index (χ3v) is 7.42. The number of hydrogen-bond acceptors (Lipinski definition) is 16. The Kier molecular flexibility index (Phi) is 11.1. The van der Waals surface area contributed by atoms with Gasteiger partial charge in [-0.2, -0.15) is 0 Å². The van der Waals surface area contributed by atoms with Crippen molar-refractivity contribution in [3.05, 3.63) is 59.7 Å². The Labute approximate surface area is 251 Å². The van der Waals surface area contributed by atoms with Crippen molar-refractivity contribution < 1.29 is 69.0 Å². The van der Waals surface area contributed by atoms with Crippen LogP contribution in [0.1, 0.15) is 22.2 Å². The second-order valence-electron chi connectivity index (χ2n) is 10.3. The van der Waals surface area contributed by atoms with Crippen LogP contribution in [0.25, 0.3) is 0 Å². The molecule has 16 nitrogen and oxygen atoms in total. The number of aromatic hydroxyl groups is 1. The van der Waals surface area contributed by atoms with Crippen LogP contribution in [0.15, 0.2) is 48.5 Å². The van der Waals surface area contributed by atoms with E-state index >= 15 is 0 Å². The average molecular weight is 625 g/mol. The number of rotatable bonds is 10. The number of phenols is 1. The first kappa shape index (κ1) is 33.5. The number of likely N-dealkylation sites (N-methyl/N-ethyl adjacent to an activating group) is 1. The van der Waals surface area contributed by atoms with Crippen LogP contribution < -0.4 is 11.1 Å². The van der Waals surface area contributed by atoms with E-state index in [9.17, 15) is 45.3 Å². The summed E-state index contributed by atoms with van der Waals surface area (Å²) in [6.45, 7) is -1.04. The van der Waals surface area contributed by atoms with Gasteiger partial charge in [-0.25, -0.2) is 9.59 Å². The van der Waals surface area contributed by atoms with Crippen molar-refractivity contribution >= 4 is 17.6 Å². The molecule has 2 aromatic carbocycles. The highest BCUT2D eigenvalue weighted by Gasteiger charge is 2.50. The Morgan fingerprint density at radius 1 is 0.955 bits per heavy atom. The maximum absolute atomic E-state index is 13.3. The number of nitrogens with two attached hydrogens (primary N) is 1. The summed E-state index contributed by atoms with van der Waals surface area (Å²) in [5.74, 6) is -3.78. The molecular weight excluding hydrogens is 588 g/mol.